The second-order valence-electron chi connectivity index (χ2n) is 8.67. The summed E-state index contributed by atoms with van der Waals surface area (Å²) in [7, 11) is 0. The van der Waals surface area contributed by atoms with Crippen LogP contribution in [0, 0.1) is 0 Å². The second-order valence-corrected chi connectivity index (χ2v) is 9.80. The first-order valence-corrected chi connectivity index (χ1v) is 12.9. The molecule has 1 fully saturated rings. The average Bonchev–Trinajstić information content (AvgIpc) is 3.53. The molecule has 4 heterocycles. The van der Waals surface area contributed by atoms with Gasteiger partial charge in [0.15, 0.2) is 0 Å². The largest absolute Gasteiger partial charge is 0.394 e. The van der Waals surface area contributed by atoms with E-state index >= 15 is 0 Å². The van der Waals surface area contributed by atoms with Gasteiger partial charge in [0.05, 0.1) is 40.8 Å². The van der Waals surface area contributed by atoms with Gasteiger partial charge in [-0.3, -0.25) is 9.59 Å². The van der Waals surface area contributed by atoms with Crippen molar-refractivity contribution in [1.29, 1.82) is 0 Å². The van der Waals surface area contributed by atoms with Crippen LogP contribution in [0.2, 0.25) is 5.02 Å². The number of nitrogens with one attached hydrogen (secondary N) is 2. The Morgan fingerprint density at radius 3 is 2.89 bits per heavy atom. The number of halogens is 1. The van der Waals surface area contributed by atoms with Gasteiger partial charge in [0, 0.05) is 42.3 Å². The number of carbonyl (C=O) groups excluding carboxylic acids is 2. The summed E-state index contributed by atoms with van der Waals surface area (Å²) in [5.74, 6) is -0.141. The van der Waals surface area contributed by atoms with Gasteiger partial charge in [-0.1, -0.05) is 23.7 Å². The molecule has 36 heavy (non-hydrogen) atoms. The number of hydrogen-bond donors (Lipinski definition) is 3. The van der Waals surface area contributed by atoms with Crippen LogP contribution in [0.1, 0.15) is 40.5 Å². The monoisotopic (exact) mass is 528 g/mol. The van der Waals surface area contributed by atoms with Crippen LogP contribution < -0.4 is 10.6 Å². The Morgan fingerprint density at radius 1 is 1.31 bits per heavy atom. The third kappa shape index (κ3) is 5.34. The third-order valence-corrected chi connectivity index (χ3v) is 7.10. The molecule has 3 aromatic rings. The van der Waals surface area contributed by atoms with Crippen LogP contribution in [0.3, 0.4) is 0 Å². The zero-order chi connectivity index (χ0) is 25.1. The van der Waals surface area contributed by atoms with Crippen LogP contribution in [0.5, 0.6) is 0 Å². The number of aromatic nitrogens is 3. The van der Waals surface area contributed by atoms with Crippen molar-refractivity contribution in [2.45, 2.75) is 31.5 Å². The maximum absolute atomic E-state index is 13.1. The van der Waals surface area contributed by atoms with Gasteiger partial charge in [-0.05, 0) is 24.5 Å². The number of anilines is 1. The number of ether oxygens (including phenoxy) is 1. The minimum absolute atomic E-state index is 0.128. The Balaban J connectivity index is 1.28. The first-order chi connectivity index (χ1) is 17.5. The van der Waals surface area contributed by atoms with E-state index in [4.69, 9.17) is 16.3 Å². The van der Waals surface area contributed by atoms with E-state index in [1.54, 1.807) is 23.2 Å². The molecule has 1 saturated heterocycles. The molecule has 10 nitrogen and oxygen atoms in total. The lowest BCUT2D eigenvalue weighted by Crippen LogP contribution is -2.40. The van der Waals surface area contributed by atoms with Gasteiger partial charge < -0.3 is 25.4 Å². The van der Waals surface area contributed by atoms with Gasteiger partial charge in [-0.2, -0.15) is 0 Å². The molecular weight excluding hydrogens is 504 g/mol. The molecule has 0 unspecified atom stereocenters. The topological polar surface area (TPSA) is 130 Å². The Kier molecular flexibility index (Phi) is 7.42. The van der Waals surface area contributed by atoms with Gasteiger partial charge in [0.1, 0.15) is 6.54 Å². The molecule has 1 aromatic carbocycles. The quantitative estimate of drug-likeness (QED) is 0.407. The van der Waals surface area contributed by atoms with Crippen LogP contribution in [0.25, 0.3) is 11.3 Å². The van der Waals surface area contributed by atoms with Gasteiger partial charge >= 0.3 is 0 Å². The molecule has 0 aliphatic carbocycles. The van der Waals surface area contributed by atoms with Gasteiger partial charge in [0.25, 0.3) is 5.91 Å². The van der Waals surface area contributed by atoms with Gasteiger partial charge in [-0.15, -0.1) is 11.3 Å². The number of carbonyl (C=O) groups is 2. The summed E-state index contributed by atoms with van der Waals surface area (Å²) >= 11 is 7.80. The number of aliphatic hydroxyl groups is 1. The van der Waals surface area contributed by atoms with E-state index in [2.05, 4.69) is 25.6 Å². The van der Waals surface area contributed by atoms with Crippen molar-refractivity contribution in [3.05, 3.63) is 57.1 Å². The van der Waals surface area contributed by atoms with E-state index in [1.165, 1.54) is 16.2 Å². The lowest BCUT2D eigenvalue weighted by Gasteiger charge is -2.23. The fourth-order valence-electron chi connectivity index (χ4n) is 4.32. The Morgan fingerprint density at radius 2 is 2.14 bits per heavy atom. The first kappa shape index (κ1) is 24.6. The van der Waals surface area contributed by atoms with E-state index < -0.39 is 6.04 Å². The van der Waals surface area contributed by atoms with Crippen molar-refractivity contribution in [3.8, 4) is 11.3 Å². The zero-order valence-corrected chi connectivity index (χ0v) is 20.9. The standard InChI is InChI=1S/C24H25ClN6O4S/c25-18-8-26-24(28-16-3-5-35-6-4-16)30-22(18)14-1-2-15-9-31(23(34)17(15)7-14)10-21(33)29-19(11-32)20-12-36-13-27-20/h1-2,7-8,12-13,16,19,32H,3-6,9-11H2,(H,29,33)(H,26,28,30)/t19-/m0/s1. The van der Waals surface area contributed by atoms with Crippen molar-refractivity contribution < 1.29 is 19.4 Å². The highest BCUT2D eigenvalue weighted by molar-refractivity contribution is 7.07. The van der Waals surface area contributed by atoms with Crippen LogP contribution in [-0.4, -0.2) is 69.2 Å². The summed E-state index contributed by atoms with van der Waals surface area (Å²) in [6, 6.07) is 5.10. The van der Waals surface area contributed by atoms with E-state index in [0.29, 0.717) is 53.2 Å². The fourth-order valence-corrected chi connectivity index (χ4v) is 5.13. The van der Waals surface area contributed by atoms with Crippen molar-refractivity contribution >= 4 is 40.7 Å². The average molecular weight is 529 g/mol. The number of nitrogens with zero attached hydrogens (tertiary/aromatic N) is 4. The Hall–Kier alpha value is -3.12. The van der Waals surface area contributed by atoms with Crippen molar-refractivity contribution in [3.63, 3.8) is 0 Å². The van der Waals surface area contributed by atoms with E-state index in [-0.39, 0.29) is 31.0 Å². The van der Waals surface area contributed by atoms with Crippen LogP contribution in [0.4, 0.5) is 5.95 Å². The summed E-state index contributed by atoms with van der Waals surface area (Å²) in [5, 5.41) is 17.8. The molecule has 12 heteroatoms. The van der Waals surface area contributed by atoms with Crippen LogP contribution >= 0.6 is 22.9 Å². The Labute approximate surface area is 216 Å². The normalized spacial score (nSPS) is 16.6. The zero-order valence-electron chi connectivity index (χ0n) is 19.3. The van der Waals surface area contributed by atoms with Crippen LogP contribution in [0.15, 0.2) is 35.3 Å². The van der Waals surface area contributed by atoms with E-state index in [1.807, 2.05) is 12.1 Å². The highest BCUT2D eigenvalue weighted by Crippen LogP contribution is 2.31. The fraction of sp³-hybridized carbons (Fsp3) is 0.375. The molecule has 2 aromatic heterocycles. The van der Waals surface area contributed by atoms with E-state index in [0.717, 1.165) is 18.4 Å². The lowest BCUT2D eigenvalue weighted by molar-refractivity contribution is -0.122. The number of aliphatic hydroxyl groups excluding tert-OH is 1. The Bertz CT molecular complexity index is 1250. The SMILES string of the molecule is O=C(CN1Cc2ccc(-c3nc(NC4CCOCC4)ncc3Cl)cc2C1=O)N[C@@H](CO)c1cscn1. The molecule has 1 atom stereocenters. The van der Waals surface area contributed by atoms with Crippen molar-refractivity contribution in [2.75, 3.05) is 31.7 Å². The number of fused-ring (bicyclic) bond motifs is 1. The minimum atomic E-state index is -0.612. The van der Waals surface area contributed by atoms with Crippen LogP contribution in [-0.2, 0) is 16.1 Å². The number of hydrogen-bond acceptors (Lipinski definition) is 9. The number of rotatable bonds is 8. The first-order valence-electron chi connectivity index (χ1n) is 11.6. The molecule has 3 N–H and O–H groups in total. The molecule has 188 valence electrons. The number of thiazole rings is 1. The second kappa shape index (κ2) is 10.9. The molecule has 2 aliphatic heterocycles. The molecular formula is C24H25ClN6O4S. The molecule has 0 bridgehead atoms. The summed E-state index contributed by atoms with van der Waals surface area (Å²) in [4.78, 5) is 40.2. The maximum Gasteiger partial charge on any atom is 0.254 e. The highest BCUT2D eigenvalue weighted by Gasteiger charge is 2.30. The molecule has 0 spiro atoms. The van der Waals surface area contributed by atoms with Gasteiger partial charge in [-0.25, -0.2) is 15.0 Å². The third-order valence-electron chi connectivity index (χ3n) is 6.22. The summed E-state index contributed by atoms with van der Waals surface area (Å²) in [5.41, 5.74) is 4.77. The molecule has 5 rings (SSSR count). The predicted octanol–water partition coefficient (Wildman–Crippen LogP) is 2.65. The predicted molar refractivity (Wildman–Crippen MR) is 135 cm³/mol. The van der Waals surface area contributed by atoms with E-state index in [9.17, 15) is 14.7 Å². The molecule has 2 amide bonds. The molecule has 0 saturated carbocycles. The lowest BCUT2D eigenvalue weighted by atomic mass is 10.0. The minimum Gasteiger partial charge on any atom is -0.394 e. The van der Waals surface area contributed by atoms with Crippen molar-refractivity contribution in [1.82, 2.24) is 25.2 Å². The molecule has 0 radical (unpaired) electrons. The van der Waals surface area contributed by atoms with Gasteiger partial charge in [0.2, 0.25) is 11.9 Å². The maximum atomic E-state index is 13.1. The summed E-state index contributed by atoms with van der Waals surface area (Å²) in [6.07, 6.45) is 3.30. The smallest absolute Gasteiger partial charge is 0.254 e. The summed E-state index contributed by atoms with van der Waals surface area (Å²) < 4.78 is 5.40. The highest BCUT2D eigenvalue weighted by atomic mass is 35.5. The number of benzene rings is 1. The van der Waals surface area contributed by atoms with Crippen molar-refractivity contribution in [2.24, 2.45) is 0 Å². The summed E-state index contributed by atoms with van der Waals surface area (Å²) in [6.45, 7) is 1.31. The molecule has 2 aliphatic rings. The number of amides is 2.